The molecular weight excluding hydrogens is 264 g/mol. The third-order valence-corrected chi connectivity index (χ3v) is 2.63. The van der Waals surface area contributed by atoms with Gasteiger partial charge in [0.25, 0.3) is 0 Å². The standard InChI is InChI=1S/C13H20N2O5/c1-4-8-20-11-7-5-6-10(13(11)15(16)17)14-9-12(18-2)19-3/h5-7,12,14H,4,8-9H2,1-3H3. The Labute approximate surface area is 118 Å². The summed E-state index contributed by atoms with van der Waals surface area (Å²) in [4.78, 5) is 10.8. The van der Waals surface area contributed by atoms with E-state index in [1.807, 2.05) is 6.92 Å². The van der Waals surface area contributed by atoms with Crippen molar-refractivity contribution in [3.8, 4) is 5.75 Å². The van der Waals surface area contributed by atoms with Crippen LogP contribution in [0.4, 0.5) is 11.4 Å². The number of benzene rings is 1. The van der Waals surface area contributed by atoms with Crippen LogP contribution in [-0.4, -0.2) is 38.6 Å². The van der Waals surface area contributed by atoms with Crippen LogP contribution in [0.5, 0.6) is 5.75 Å². The van der Waals surface area contributed by atoms with E-state index in [0.717, 1.165) is 6.42 Å². The second kappa shape index (κ2) is 8.34. The number of para-hydroxylation sites is 1. The van der Waals surface area contributed by atoms with Crippen molar-refractivity contribution in [2.75, 3.05) is 32.7 Å². The second-order valence-electron chi connectivity index (χ2n) is 4.04. The Morgan fingerprint density at radius 2 is 2.05 bits per heavy atom. The lowest BCUT2D eigenvalue weighted by atomic mass is 10.2. The highest BCUT2D eigenvalue weighted by atomic mass is 16.7. The molecule has 0 atom stereocenters. The van der Waals surface area contributed by atoms with Gasteiger partial charge in [0.05, 0.1) is 18.1 Å². The van der Waals surface area contributed by atoms with Crippen molar-refractivity contribution in [2.24, 2.45) is 0 Å². The number of ether oxygens (including phenoxy) is 3. The van der Waals surface area contributed by atoms with Crippen molar-refractivity contribution >= 4 is 11.4 Å². The molecule has 1 aromatic carbocycles. The zero-order valence-corrected chi connectivity index (χ0v) is 11.9. The fourth-order valence-electron chi connectivity index (χ4n) is 1.64. The summed E-state index contributed by atoms with van der Waals surface area (Å²) >= 11 is 0. The van der Waals surface area contributed by atoms with E-state index in [2.05, 4.69) is 5.32 Å². The molecule has 0 aliphatic carbocycles. The van der Waals surface area contributed by atoms with Gasteiger partial charge in [-0.05, 0) is 18.6 Å². The Balaban J connectivity index is 2.91. The normalized spacial score (nSPS) is 10.6. The molecule has 20 heavy (non-hydrogen) atoms. The van der Waals surface area contributed by atoms with Gasteiger partial charge in [0.2, 0.25) is 0 Å². The molecule has 1 N–H and O–H groups in total. The fourth-order valence-corrected chi connectivity index (χ4v) is 1.64. The van der Waals surface area contributed by atoms with Crippen LogP contribution < -0.4 is 10.1 Å². The second-order valence-corrected chi connectivity index (χ2v) is 4.04. The minimum atomic E-state index is -0.477. The minimum Gasteiger partial charge on any atom is -0.487 e. The van der Waals surface area contributed by atoms with E-state index >= 15 is 0 Å². The van der Waals surface area contributed by atoms with Crippen LogP contribution in [0.2, 0.25) is 0 Å². The van der Waals surface area contributed by atoms with Crippen molar-refractivity contribution in [1.29, 1.82) is 0 Å². The van der Waals surface area contributed by atoms with Crippen LogP contribution in [-0.2, 0) is 9.47 Å². The van der Waals surface area contributed by atoms with Crippen molar-refractivity contribution in [3.63, 3.8) is 0 Å². The van der Waals surface area contributed by atoms with Crippen LogP contribution in [0, 0.1) is 10.1 Å². The molecule has 112 valence electrons. The zero-order chi connectivity index (χ0) is 15.0. The first-order chi connectivity index (χ1) is 9.63. The van der Waals surface area contributed by atoms with Gasteiger partial charge in [0, 0.05) is 14.2 Å². The largest absolute Gasteiger partial charge is 0.487 e. The number of hydrogen-bond acceptors (Lipinski definition) is 6. The maximum Gasteiger partial charge on any atom is 0.333 e. The minimum absolute atomic E-state index is 0.0769. The molecule has 0 saturated carbocycles. The van der Waals surface area contributed by atoms with Crippen molar-refractivity contribution in [1.82, 2.24) is 0 Å². The monoisotopic (exact) mass is 284 g/mol. The van der Waals surface area contributed by atoms with E-state index in [9.17, 15) is 10.1 Å². The van der Waals surface area contributed by atoms with Gasteiger partial charge in [-0.1, -0.05) is 13.0 Å². The van der Waals surface area contributed by atoms with Gasteiger partial charge in [0.1, 0.15) is 5.69 Å². The first kappa shape index (κ1) is 16.2. The molecule has 0 aliphatic rings. The Bertz CT molecular complexity index is 435. The number of methoxy groups -OCH3 is 2. The van der Waals surface area contributed by atoms with E-state index in [1.165, 1.54) is 14.2 Å². The molecular formula is C13H20N2O5. The number of anilines is 1. The average molecular weight is 284 g/mol. The molecule has 7 nitrogen and oxygen atoms in total. The lowest BCUT2D eigenvalue weighted by molar-refractivity contribution is -0.385. The molecule has 0 amide bonds. The number of nitro benzene ring substituents is 1. The number of rotatable bonds is 9. The molecule has 0 fully saturated rings. The van der Waals surface area contributed by atoms with E-state index in [1.54, 1.807) is 18.2 Å². The van der Waals surface area contributed by atoms with E-state index in [4.69, 9.17) is 14.2 Å². The molecule has 0 saturated heterocycles. The van der Waals surface area contributed by atoms with Crippen LogP contribution in [0.25, 0.3) is 0 Å². The Morgan fingerprint density at radius 3 is 2.60 bits per heavy atom. The lowest BCUT2D eigenvalue weighted by Gasteiger charge is -2.15. The van der Waals surface area contributed by atoms with Crippen molar-refractivity contribution < 1.29 is 19.1 Å². The van der Waals surface area contributed by atoms with Crippen molar-refractivity contribution in [3.05, 3.63) is 28.3 Å². The summed E-state index contributed by atoms with van der Waals surface area (Å²) in [5, 5.41) is 14.2. The molecule has 0 unspecified atom stereocenters. The third kappa shape index (κ3) is 4.36. The summed E-state index contributed by atoms with van der Waals surface area (Å²) in [5.74, 6) is 0.258. The van der Waals surface area contributed by atoms with Crippen LogP contribution in [0.1, 0.15) is 13.3 Å². The summed E-state index contributed by atoms with van der Waals surface area (Å²) in [7, 11) is 3.01. The zero-order valence-electron chi connectivity index (χ0n) is 11.9. The fraction of sp³-hybridized carbons (Fsp3) is 0.538. The molecule has 0 spiro atoms. The first-order valence-corrected chi connectivity index (χ1v) is 6.33. The molecule has 7 heteroatoms. The van der Waals surface area contributed by atoms with Gasteiger partial charge in [-0.15, -0.1) is 0 Å². The maximum absolute atomic E-state index is 11.2. The summed E-state index contributed by atoms with van der Waals surface area (Å²) in [6.45, 7) is 2.67. The molecule has 0 aromatic heterocycles. The van der Waals surface area contributed by atoms with Gasteiger partial charge in [-0.25, -0.2) is 0 Å². The summed E-state index contributed by atoms with van der Waals surface area (Å²) in [5.41, 5.74) is 0.301. The highest BCUT2D eigenvalue weighted by Gasteiger charge is 2.21. The molecule has 1 rings (SSSR count). The molecule has 0 bridgehead atoms. The number of hydrogen-bond donors (Lipinski definition) is 1. The van der Waals surface area contributed by atoms with Gasteiger partial charge in [0.15, 0.2) is 12.0 Å². The van der Waals surface area contributed by atoms with Crippen LogP contribution in [0.3, 0.4) is 0 Å². The van der Waals surface area contributed by atoms with E-state index in [0.29, 0.717) is 18.8 Å². The van der Waals surface area contributed by atoms with Crippen LogP contribution in [0.15, 0.2) is 18.2 Å². The number of nitro groups is 1. The number of nitrogens with zero attached hydrogens (tertiary/aromatic N) is 1. The highest BCUT2D eigenvalue weighted by molar-refractivity contribution is 5.68. The summed E-state index contributed by atoms with van der Waals surface area (Å²) in [6, 6.07) is 4.91. The topological polar surface area (TPSA) is 82.9 Å². The van der Waals surface area contributed by atoms with Gasteiger partial charge in [-0.2, -0.15) is 0 Å². The first-order valence-electron chi connectivity index (χ1n) is 6.33. The van der Waals surface area contributed by atoms with E-state index in [-0.39, 0.29) is 11.4 Å². The molecule has 0 heterocycles. The smallest absolute Gasteiger partial charge is 0.333 e. The quantitative estimate of drug-likeness (QED) is 0.426. The lowest BCUT2D eigenvalue weighted by Crippen LogP contribution is -2.24. The summed E-state index contributed by atoms with van der Waals surface area (Å²) < 4.78 is 15.5. The Kier molecular flexibility index (Phi) is 6.75. The predicted molar refractivity (Wildman–Crippen MR) is 75.2 cm³/mol. The Morgan fingerprint density at radius 1 is 1.35 bits per heavy atom. The van der Waals surface area contributed by atoms with Gasteiger partial charge >= 0.3 is 5.69 Å². The van der Waals surface area contributed by atoms with Gasteiger partial charge in [-0.3, -0.25) is 10.1 Å². The maximum atomic E-state index is 11.2. The predicted octanol–water partition coefficient (Wildman–Crippen LogP) is 2.41. The Hall–Kier alpha value is -1.86. The summed E-state index contributed by atoms with van der Waals surface area (Å²) in [6.07, 6.45) is 0.305. The molecule has 0 aliphatic heterocycles. The highest BCUT2D eigenvalue weighted by Crippen LogP contribution is 2.34. The molecule has 1 aromatic rings. The average Bonchev–Trinajstić information content (AvgIpc) is 2.45. The SMILES string of the molecule is CCCOc1cccc(NCC(OC)OC)c1[N+](=O)[O-]. The van der Waals surface area contributed by atoms with Crippen molar-refractivity contribution in [2.45, 2.75) is 19.6 Å². The molecule has 0 radical (unpaired) electrons. The van der Waals surface area contributed by atoms with Gasteiger partial charge < -0.3 is 19.5 Å². The van der Waals surface area contributed by atoms with Crippen LogP contribution >= 0.6 is 0 Å². The third-order valence-electron chi connectivity index (χ3n) is 2.63. The van der Waals surface area contributed by atoms with E-state index < -0.39 is 11.2 Å². The number of nitrogens with one attached hydrogen (secondary N) is 1.